The molecule has 1 aromatic heterocycles. The molecular formula is C20H15ClN4O3. The molecular weight excluding hydrogens is 380 g/mol. The summed E-state index contributed by atoms with van der Waals surface area (Å²) in [7, 11) is 1.57. The first-order valence-corrected chi connectivity index (χ1v) is 8.54. The highest BCUT2D eigenvalue weighted by Crippen LogP contribution is 2.38. The fourth-order valence-electron chi connectivity index (χ4n) is 3.01. The normalized spacial score (nSPS) is 10.4. The molecule has 0 amide bonds. The number of nitrogens with two attached hydrogens (primary N) is 1. The van der Waals surface area contributed by atoms with Crippen LogP contribution in [0.25, 0.3) is 22.4 Å². The van der Waals surface area contributed by atoms with Crippen molar-refractivity contribution in [3.63, 3.8) is 0 Å². The summed E-state index contributed by atoms with van der Waals surface area (Å²) in [5.74, 6) is 0.739. The van der Waals surface area contributed by atoms with E-state index in [0.29, 0.717) is 28.1 Å². The summed E-state index contributed by atoms with van der Waals surface area (Å²) >= 11 is 5.92. The molecule has 0 aliphatic heterocycles. The smallest absolute Gasteiger partial charge is 0.288 e. The van der Waals surface area contributed by atoms with Gasteiger partial charge in [-0.15, -0.1) is 0 Å². The van der Waals surface area contributed by atoms with E-state index in [-0.39, 0.29) is 22.1 Å². The second-order valence-electron chi connectivity index (χ2n) is 5.98. The average Bonchev–Trinajstić information content (AvgIpc) is 2.69. The number of nitro groups is 1. The van der Waals surface area contributed by atoms with Crippen LogP contribution >= 0.6 is 11.6 Å². The van der Waals surface area contributed by atoms with Gasteiger partial charge in [0.2, 0.25) is 0 Å². The first-order valence-electron chi connectivity index (χ1n) is 8.16. The Balaban J connectivity index is 2.29. The van der Waals surface area contributed by atoms with Gasteiger partial charge in [0.25, 0.3) is 5.69 Å². The largest absolute Gasteiger partial charge is 0.497 e. The molecule has 0 saturated heterocycles. The highest BCUT2D eigenvalue weighted by atomic mass is 35.5. The summed E-state index contributed by atoms with van der Waals surface area (Å²) in [6, 6.07) is 13.7. The molecule has 0 aliphatic rings. The molecule has 28 heavy (non-hydrogen) atoms. The predicted molar refractivity (Wildman–Crippen MR) is 107 cm³/mol. The SMILES string of the molecule is COc1ccc(-c2nc(N)c(C#N)c(-c3ccc(Cl)c([N+](=O)[O-])c3)c2C)cc1. The van der Waals surface area contributed by atoms with Crippen molar-refractivity contribution in [1.29, 1.82) is 5.26 Å². The zero-order valence-electron chi connectivity index (χ0n) is 15.1. The van der Waals surface area contributed by atoms with E-state index in [2.05, 4.69) is 11.1 Å². The van der Waals surface area contributed by atoms with Crippen molar-refractivity contribution in [2.24, 2.45) is 0 Å². The Morgan fingerprint density at radius 1 is 1.21 bits per heavy atom. The van der Waals surface area contributed by atoms with Crippen LogP contribution < -0.4 is 10.5 Å². The molecule has 140 valence electrons. The van der Waals surface area contributed by atoms with Crippen LogP contribution in [-0.4, -0.2) is 17.0 Å². The van der Waals surface area contributed by atoms with E-state index in [1.54, 1.807) is 32.2 Å². The standard InChI is InChI=1S/C20H15ClN4O3/c1-11-18(13-5-8-16(21)17(9-13)25(26)27)15(10-22)20(23)24-19(11)12-3-6-14(28-2)7-4-12/h3-9H,1-2H3,(H2,23,24). The zero-order valence-corrected chi connectivity index (χ0v) is 15.8. The zero-order chi connectivity index (χ0) is 20.4. The van der Waals surface area contributed by atoms with E-state index in [1.807, 2.05) is 12.1 Å². The molecule has 0 bridgehead atoms. The number of aromatic nitrogens is 1. The molecule has 0 fully saturated rings. The molecule has 7 nitrogen and oxygen atoms in total. The number of nitrogens with zero attached hydrogens (tertiary/aromatic N) is 3. The Labute approximate surface area is 166 Å². The van der Waals surface area contributed by atoms with Gasteiger partial charge in [0, 0.05) is 17.2 Å². The minimum absolute atomic E-state index is 0.0160. The minimum Gasteiger partial charge on any atom is -0.497 e. The predicted octanol–water partition coefficient (Wildman–Crippen LogP) is 4.75. The Bertz CT molecular complexity index is 1120. The maximum Gasteiger partial charge on any atom is 0.288 e. The van der Waals surface area contributed by atoms with Crippen molar-refractivity contribution in [1.82, 2.24) is 4.98 Å². The van der Waals surface area contributed by atoms with Crippen LogP contribution in [0.4, 0.5) is 11.5 Å². The molecule has 0 aliphatic carbocycles. The third kappa shape index (κ3) is 3.33. The number of nitro benzene ring substituents is 1. The summed E-state index contributed by atoms with van der Waals surface area (Å²) in [6.45, 7) is 1.79. The fraction of sp³-hybridized carbons (Fsp3) is 0.100. The van der Waals surface area contributed by atoms with E-state index in [0.717, 1.165) is 5.56 Å². The van der Waals surface area contributed by atoms with Gasteiger partial charge in [-0.3, -0.25) is 10.1 Å². The first-order chi connectivity index (χ1) is 13.4. The molecule has 8 heteroatoms. The second kappa shape index (κ2) is 7.55. The number of nitrogen functional groups attached to an aromatic ring is 1. The van der Waals surface area contributed by atoms with E-state index in [4.69, 9.17) is 22.1 Å². The summed E-state index contributed by atoms with van der Waals surface area (Å²) in [6.07, 6.45) is 0. The minimum atomic E-state index is -0.567. The number of pyridine rings is 1. The molecule has 3 aromatic rings. The maximum absolute atomic E-state index is 11.3. The van der Waals surface area contributed by atoms with Crippen LogP contribution in [0.15, 0.2) is 42.5 Å². The number of hydrogen-bond donors (Lipinski definition) is 1. The lowest BCUT2D eigenvalue weighted by atomic mass is 9.92. The van der Waals surface area contributed by atoms with Crippen molar-refractivity contribution in [3.05, 3.63) is 68.7 Å². The van der Waals surface area contributed by atoms with Crippen molar-refractivity contribution >= 4 is 23.1 Å². The van der Waals surface area contributed by atoms with Crippen molar-refractivity contribution in [2.45, 2.75) is 6.92 Å². The maximum atomic E-state index is 11.3. The second-order valence-corrected chi connectivity index (χ2v) is 6.39. The molecule has 0 spiro atoms. The molecule has 0 radical (unpaired) electrons. The van der Waals surface area contributed by atoms with Gasteiger partial charge in [-0.05, 0) is 48.4 Å². The van der Waals surface area contributed by atoms with Crippen LogP contribution in [0.2, 0.25) is 5.02 Å². The van der Waals surface area contributed by atoms with Gasteiger partial charge in [0.15, 0.2) is 0 Å². The number of hydrogen-bond acceptors (Lipinski definition) is 6. The number of rotatable bonds is 4. The third-order valence-electron chi connectivity index (χ3n) is 4.38. The van der Waals surface area contributed by atoms with E-state index < -0.39 is 4.92 Å². The van der Waals surface area contributed by atoms with Gasteiger partial charge in [-0.2, -0.15) is 5.26 Å². The lowest BCUT2D eigenvalue weighted by Crippen LogP contribution is -2.03. The van der Waals surface area contributed by atoms with E-state index in [1.165, 1.54) is 12.1 Å². The highest BCUT2D eigenvalue weighted by molar-refractivity contribution is 6.32. The van der Waals surface area contributed by atoms with Gasteiger partial charge in [0.05, 0.1) is 17.7 Å². The molecule has 2 aromatic carbocycles. The number of nitriles is 1. The molecule has 0 saturated carbocycles. The lowest BCUT2D eigenvalue weighted by molar-refractivity contribution is -0.384. The number of benzene rings is 2. The number of halogens is 1. The van der Waals surface area contributed by atoms with Crippen LogP contribution in [0.5, 0.6) is 5.75 Å². The van der Waals surface area contributed by atoms with Crippen molar-refractivity contribution in [2.75, 3.05) is 12.8 Å². The molecule has 0 atom stereocenters. The van der Waals surface area contributed by atoms with Crippen molar-refractivity contribution < 1.29 is 9.66 Å². The van der Waals surface area contributed by atoms with Gasteiger partial charge >= 0.3 is 0 Å². The Morgan fingerprint density at radius 2 is 1.86 bits per heavy atom. The topological polar surface area (TPSA) is 115 Å². The molecule has 2 N–H and O–H groups in total. The van der Waals surface area contributed by atoms with E-state index in [9.17, 15) is 15.4 Å². The summed E-state index contributed by atoms with van der Waals surface area (Å²) in [4.78, 5) is 15.1. The van der Waals surface area contributed by atoms with E-state index >= 15 is 0 Å². The molecule has 1 heterocycles. The molecule has 3 rings (SSSR count). The van der Waals surface area contributed by atoms with Crippen LogP contribution in [0.1, 0.15) is 11.1 Å². The molecule has 0 unspecified atom stereocenters. The van der Waals surface area contributed by atoms with Gasteiger partial charge in [-0.25, -0.2) is 4.98 Å². The van der Waals surface area contributed by atoms with Crippen LogP contribution in [-0.2, 0) is 0 Å². The monoisotopic (exact) mass is 394 g/mol. The number of anilines is 1. The number of methoxy groups -OCH3 is 1. The van der Waals surface area contributed by atoms with Gasteiger partial charge in [0.1, 0.15) is 28.2 Å². The van der Waals surface area contributed by atoms with Gasteiger partial charge < -0.3 is 10.5 Å². The quantitative estimate of drug-likeness (QED) is 0.504. The fourth-order valence-corrected chi connectivity index (χ4v) is 3.19. The van der Waals surface area contributed by atoms with Crippen LogP contribution in [0, 0.1) is 28.4 Å². The Kier molecular flexibility index (Phi) is 5.16. The Morgan fingerprint density at radius 3 is 2.43 bits per heavy atom. The highest BCUT2D eigenvalue weighted by Gasteiger charge is 2.21. The van der Waals surface area contributed by atoms with Crippen LogP contribution in [0.3, 0.4) is 0 Å². The Hall–Kier alpha value is -3.63. The summed E-state index contributed by atoms with van der Waals surface area (Å²) < 4.78 is 5.17. The lowest BCUT2D eigenvalue weighted by Gasteiger charge is -2.15. The first kappa shape index (κ1) is 19.1. The van der Waals surface area contributed by atoms with Crippen molar-refractivity contribution in [3.8, 4) is 34.2 Å². The van der Waals surface area contributed by atoms with Gasteiger partial charge in [-0.1, -0.05) is 17.7 Å². The number of ether oxygens (including phenoxy) is 1. The average molecular weight is 395 g/mol. The third-order valence-corrected chi connectivity index (χ3v) is 4.69. The summed E-state index contributed by atoms with van der Waals surface area (Å²) in [5, 5.41) is 20.9. The summed E-state index contributed by atoms with van der Waals surface area (Å²) in [5.41, 5.74) is 8.93.